The summed E-state index contributed by atoms with van der Waals surface area (Å²) in [6.07, 6.45) is 1.10. The first-order chi connectivity index (χ1) is 8.43. The van der Waals surface area contributed by atoms with Gasteiger partial charge in [0.2, 0.25) is 0 Å². The summed E-state index contributed by atoms with van der Waals surface area (Å²) >= 11 is 0. The Balaban J connectivity index is 2.77. The Kier molecular flexibility index (Phi) is 5.79. The fourth-order valence-electron chi connectivity index (χ4n) is 1.97. The van der Waals surface area contributed by atoms with Crippen LogP contribution in [0.4, 0.5) is 4.39 Å². The van der Waals surface area contributed by atoms with Crippen molar-refractivity contribution in [2.45, 2.75) is 26.8 Å². The van der Waals surface area contributed by atoms with Gasteiger partial charge in [-0.2, -0.15) is 0 Å². The highest BCUT2D eigenvalue weighted by Gasteiger charge is 2.18. The second-order valence-corrected chi connectivity index (χ2v) is 4.93. The fourth-order valence-corrected chi connectivity index (χ4v) is 1.97. The molecule has 100 valence electrons. The van der Waals surface area contributed by atoms with Gasteiger partial charge in [0.1, 0.15) is 5.82 Å². The van der Waals surface area contributed by atoms with Crippen LogP contribution in [0.5, 0.6) is 0 Å². The minimum absolute atomic E-state index is 0.242. The van der Waals surface area contributed by atoms with Gasteiger partial charge in [-0.25, -0.2) is 4.39 Å². The normalized spacial score (nSPS) is 12.8. The maximum atomic E-state index is 13.1. The first-order valence-corrected chi connectivity index (χ1v) is 6.27. The fraction of sp³-hybridized carbons (Fsp3) is 0.538. The molecule has 0 aliphatic heterocycles. The van der Waals surface area contributed by atoms with Crippen LogP contribution in [-0.2, 0) is 6.54 Å². The Morgan fingerprint density at radius 3 is 2.61 bits per heavy atom. The van der Waals surface area contributed by atoms with Crippen LogP contribution < -0.4 is 5.46 Å². The van der Waals surface area contributed by atoms with Gasteiger partial charge in [-0.1, -0.05) is 26.3 Å². The summed E-state index contributed by atoms with van der Waals surface area (Å²) < 4.78 is 13.1. The molecule has 0 heterocycles. The Bertz CT molecular complexity index is 387. The molecule has 0 aliphatic rings. The SMILES string of the molecule is CCC(C)CN(C)Cc1ccc(F)cc1B(O)O. The van der Waals surface area contributed by atoms with Crippen molar-refractivity contribution in [2.75, 3.05) is 13.6 Å². The lowest BCUT2D eigenvalue weighted by molar-refractivity contribution is 0.275. The molecule has 1 unspecified atom stereocenters. The van der Waals surface area contributed by atoms with Crippen molar-refractivity contribution in [2.24, 2.45) is 5.92 Å². The van der Waals surface area contributed by atoms with Gasteiger partial charge in [0.15, 0.2) is 0 Å². The minimum atomic E-state index is -1.63. The lowest BCUT2D eigenvalue weighted by Gasteiger charge is -2.22. The van der Waals surface area contributed by atoms with Gasteiger partial charge in [0.05, 0.1) is 0 Å². The molecule has 1 rings (SSSR count). The van der Waals surface area contributed by atoms with Crippen molar-refractivity contribution in [1.82, 2.24) is 4.90 Å². The predicted molar refractivity (Wildman–Crippen MR) is 72.0 cm³/mol. The highest BCUT2D eigenvalue weighted by atomic mass is 19.1. The van der Waals surface area contributed by atoms with Gasteiger partial charge < -0.3 is 14.9 Å². The zero-order valence-electron chi connectivity index (χ0n) is 11.2. The number of halogens is 1. The standard InChI is InChI=1S/C13H21BFNO2/c1-4-10(2)8-16(3)9-11-5-6-12(15)7-13(11)14(17)18/h5-7,10,17-18H,4,8-9H2,1-3H3. The van der Waals surface area contributed by atoms with Gasteiger partial charge in [-0.15, -0.1) is 0 Å². The number of hydrogen-bond donors (Lipinski definition) is 2. The van der Waals surface area contributed by atoms with Crippen molar-refractivity contribution >= 4 is 12.6 Å². The van der Waals surface area contributed by atoms with Crippen LogP contribution in [0.2, 0.25) is 0 Å². The molecule has 0 aliphatic carbocycles. The minimum Gasteiger partial charge on any atom is -0.423 e. The number of benzene rings is 1. The number of rotatable bonds is 6. The first kappa shape index (κ1) is 15.2. The second-order valence-electron chi connectivity index (χ2n) is 4.93. The second kappa shape index (κ2) is 6.88. The number of hydrogen-bond acceptors (Lipinski definition) is 3. The van der Waals surface area contributed by atoms with E-state index in [4.69, 9.17) is 0 Å². The summed E-state index contributed by atoms with van der Waals surface area (Å²) in [5, 5.41) is 18.5. The van der Waals surface area contributed by atoms with E-state index in [1.54, 1.807) is 6.07 Å². The van der Waals surface area contributed by atoms with E-state index in [-0.39, 0.29) is 5.46 Å². The molecular weight excluding hydrogens is 232 g/mol. The number of nitrogens with zero attached hydrogens (tertiary/aromatic N) is 1. The van der Waals surface area contributed by atoms with Gasteiger partial charge in [0.25, 0.3) is 0 Å². The molecule has 0 bridgehead atoms. The van der Waals surface area contributed by atoms with E-state index < -0.39 is 12.9 Å². The van der Waals surface area contributed by atoms with Crippen LogP contribution in [0.25, 0.3) is 0 Å². The Morgan fingerprint density at radius 2 is 2.06 bits per heavy atom. The molecule has 1 atom stereocenters. The van der Waals surface area contributed by atoms with Crippen molar-refractivity contribution in [3.63, 3.8) is 0 Å². The lowest BCUT2D eigenvalue weighted by atomic mass is 9.77. The van der Waals surface area contributed by atoms with Crippen LogP contribution >= 0.6 is 0 Å². The van der Waals surface area contributed by atoms with Gasteiger partial charge in [0, 0.05) is 13.1 Å². The largest absolute Gasteiger partial charge is 0.488 e. The average Bonchev–Trinajstić information content (AvgIpc) is 2.30. The van der Waals surface area contributed by atoms with Crippen molar-refractivity contribution in [3.8, 4) is 0 Å². The summed E-state index contributed by atoms with van der Waals surface area (Å²) in [4.78, 5) is 2.10. The van der Waals surface area contributed by atoms with Crippen molar-refractivity contribution in [3.05, 3.63) is 29.6 Å². The zero-order chi connectivity index (χ0) is 13.7. The monoisotopic (exact) mass is 253 g/mol. The molecule has 1 aromatic carbocycles. The van der Waals surface area contributed by atoms with Crippen LogP contribution in [-0.4, -0.2) is 35.7 Å². The van der Waals surface area contributed by atoms with Crippen molar-refractivity contribution in [1.29, 1.82) is 0 Å². The summed E-state index contributed by atoms with van der Waals surface area (Å²) in [7, 11) is 0.343. The molecular formula is C13H21BFNO2. The Morgan fingerprint density at radius 1 is 1.39 bits per heavy atom. The molecule has 0 aromatic heterocycles. The third-order valence-corrected chi connectivity index (χ3v) is 3.15. The smallest absolute Gasteiger partial charge is 0.423 e. The predicted octanol–water partition coefficient (Wildman–Crippen LogP) is 0.983. The summed E-state index contributed by atoms with van der Waals surface area (Å²) in [5.41, 5.74) is 0.989. The third-order valence-electron chi connectivity index (χ3n) is 3.15. The maximum Gasteiger partial charge on any atom is 0.488 e. The quantitative estimate of drug-likeness (QED) is 0.743. The highest BCUT2D eigenvalue weighted by Crippen LogP contribution is 2.08. The maximum absolute atomic E-state index is 13.1. The topological polar surface area (TPSA) is 43.7 Å². The third kappa shape index (κ3) is 4.40. The molecule has 5 heteroatoms. The van der Waals surface area contributed by atoms with E-state index in [2.05, 4.69) is 18.7 Å². The molecule has 1 aromatic rings. The molecule has 2 N–H and O–H groups in total. The first-order valence-electron chi connectivity index (χ1n) is 6.27. The van der Waals surface area contributed by atoms with Crippen molar-refractivity contribution < 1.29 is 14.4 Å². The van der Waals surface area contributed by atoms with E-state index in [0.29, 0.717) is 12.5 Å². The van der Waals surface area contributed by atoms with Crippen LogP contribution in [0.3, 0.4) is 0 Å². The summed E-state index contributed by atoms with van der Waals surface area (Å²) in [6, 6.07) is 4.13. The molecule has 0 saturated carbocycles. The van der Waals surface area contributed by atoms with Gasteiger partial charge in [-0.3, -0.25) is 0 Å². The molecule has 0 amide bonds. The van der Waals surface area contributed by atoms with Gasteiger partial charge >= 0.3 is 7.12 Å². The summed E-state index contributed by atoms with van der Waals surface area (Å²) in [6.45, 7) is 5.81. The molecule has 0 radical (unpaired) electrons. The molecule has 0 spiro atoms. The lowest BCUT2D eigenvalue weighted by Crippen LogP contribution is -2.36. The zero-order valence-corrected chi connectivity index (χ0v) is 11.2. The Hall–Kier alpha value is -0.905. The molecule has 18 heavy (non-hydrogen) atoms. The Labute approximate surface area is 108 Å². The van der Waals surface area contributed by atoms with Crippen LogP contribution in [0.1, 0.15) is 25.8 Å². The molecule has 3 nitrogen and oxygen atoms in total. The average molecular weight is 253 g/mol. The molecule has 0 fully saturated rings. The molecule has 0 saturated heterocycles. The van der Waals surface area contributed by atoms with Crippen LogP contribution in [0, 0.1) is 11.7 Å². The van der Waals surface area contributed by atoms with Crippen LogP contribution in [0.15, 0.2) is 18.2 Å². The van der Waals surface area contributed by atoms with E-state index in [9.17, 15) is 14.4 Å². The van der Waals surface area contributed by atoms with Gasteiger partial charge in [-0.05, 0) is 36.1 Å². The van der Waals surface area contributed by atoms with E-state index in [1.165, 1.54) is 12.1 Å². The van der Waals surface area contributed by atoms with E-state index >= 15 is 0 Å². The summed E-state index contributed by atoms with van der Waals surface area (Å²) in [5.74, 6) is 0.129. The highest BCUT2D eigenvalue weighted by molar-refractivity contribution is 6.59. The van der Waals surface area contributed by atoms with E-state index in [0.717, 1.165) is 18.5 Å². The van der Waals surface area contributed by atoms with E-state index in [1.807, 2.05) is 7.05 Å².